The van der Waals surface area contributed by atoms with Crippen LogP contribution in [0.25, 0.3) is 17.1 Å². The minimum Gasteiger partial charge on any atom is -0.457 e. The maximum atomic E-state index is 12.8. The fraction of sp³-hybridized carbons (Fsp3) is 0.320. The summed E-state index contributed by atoms with van der Waals surface area (Å²) < 4.78 is 33.6. The number of fused-ring (bicyclic) bond motifs is 2. The van der Waals surface area contributed by atoms with Crippen LogP contribution < -0.4 is 0 Å². The highest BCUT2D eigenvalue weighted by Crippen LogP contribution is 2.33. The number of rotatable bonds is 7. The van der Waals surface area contributed by atoms with Gasteiger partial charge in [0.2, 0.25) is 15.9 Å². The Hall–Kier alpha value is -3.50. The minimum absolute atomic E-state index is 0.00147. The van der Waals surface area contributed by atoms with E-state index in [1.165, 1.54) is 32.0 Å². The van der Waals surface area contributed by atoms with Crippen molar-refractivity contribution in [1.29, 1.82) is 0 Å². The fourth-order valence-corrected chi connectivity index (χ4v) is 5.19. The molecule has 1 amide bonds. The number of nitrogens with zero attached hydrogens (tertiary/aromatic N) is 4. The number of hydrogen-bond acceptors (Lipinski definition) is 6. The number of ether oxygens (including phenoxy) is 1. The van der Waals surface area contributed by atoms with Gasteiger partial charge < -0.3 is 14.2 Å². The molecule has 10 heteroatoms. The number of esters is 1. The van der Waals surface area contributed by atoms with Crippen LogP contribution in [0.2, 0.25) is 0 Å². The van der Waals surface area contributed by atoms with E-state index >= 15 is 0 Å². The number of benzene rings is 2. The first-order chi connectivity index (χ1) is 16.6. The average Bonchev–Trinajstić information content (AvgIpc) is 3.19. The standard InChI is InChI=1S/C25H28N4O5S/c1-5-28-22-11-10-19(35(32,33)27(3)4)14-21(22)26-24(28)16-34-25(31)15-23-20-9-7-6-8-18(20)12-13-29(23)17(2)30/h6-14,23H,5,15-16H2,1-4H3/t23-/m0/s1. The molecule has 3 aromatic rings. The van der Waals surface area contributed by atoms with Crippen LogP contribution in [-0.2, 0) is 37.5 Å². The average molecular weight is 497 g/mol. The summed E-state index contributed by atoms with van der Waals surface area (Å²) in [4.78, 5) is 31.2. The first-order valence-electron chi connectivity index (χ1n) is 11.3. The van der Waals surface area contributed by atoms with E-state index in [4.69, 9.17) is 4.74 Å². The van der Waals surface area contributed by atoms with Gasteiger partial charge in [0.15, 0.2) is 0 Å². The summed E-state index contributed by atoms with van der Waals surface area (Å²) in [7, 11) is -0.647. The van der Waals surface area contributed by atoms with Gasteiger partial charge in [-0.15, -0.1) is 0 Å². The van der Waals surface area contributed by atoms with Crippen molar-refractivity contribution < 1.29 is 22.7 Å². The first-order valence-corrected chi connectivity index (χ1v) is 12.7. The molecule has 35 heavy (non-hydrogen) atoms. The van der Waals surface area contributed by atoms with Crippen LogP contribution in [0.4, 0.5) is 0 Å². The van der Waals surface area contributed by atoms with Crippen LogP contribution in [0.3, 0.4) is 0 Å². The van der Waals surface area contributed by atoms with Crippen molar-refractivity contribution in [2.75, 3.05) is 14.1 Å². The van der Waals surface area contributed by atoms with Crippen LogP contribution in [0, 0.1) is 0 Å². The van der Waals surface area contributed by atoms with Crippen LogP contribution in [0.1, 0.15) is 43.3 Å². The van der Waals surface area contributed by atoms with Gasteiger partial charge in [0.25, 0.3) is 0 Å². The van der Waals surface area contributed by atoms with Crippen molar-refractivity contribution in [1.82, 2.24) is 18.8 Å². The van der Waals surface area contributed by atoms with E-state index in [0.717, 1.165) is 20.9 Å². The lowest BCUT2D eigenvalue weighted by atomic mass is 9.94. The van der Waals surface area contributed by atoms with Crippen molar-refractivity contribution in [3.8, 4) is 0 Å². The van der Waals surface area contributed by atoms with Gasteiger partial charge in [0.05, 0.1) is 28.4 Å². The number of amides is 1. The third kappa shape index (κ3) is 4.71. The monoisotopic (exact) mass is 496 g/mol. The Morgan fingerprint density at radius 3 is 2.57 bits per heavy atom. The number of aryl methyl sites for hydroxylation is 1. The summed E-state index contributed by atoms with van der Waals surface area (Å²) in [6, 6.07) is 12.0. The molecule has 184 valence electrons. The van der Waals surface area contributed by atoms with Gasteiger partial charge in [-0.25, -0.2) is 17.7 Å². The lowest BCUT2D eigenvalue weighted by molar-refractivity contribution is -0.147. The Balaban J connectivity index is 1.54. The predicted octanol–water partition coefficient (Wildman–Crippen LogP) is 3.31. The van der Waals surface area contributed by atoms with Crippen LogP contribution in [-0.4, -0.2) is 53.1 Å². The normalized spacial score (nSPS) is 15.5. The van der Waals surface area contributed by atoms with Gasteiger partial charge >= 0.3 is 5.97 Å². The number of aromatic nitrogens is 2. The second-order valence-corrected chi connectivity index (χ2v) is 10.6. The molecule has 2 heterocycles. The predicted molar refractivity (Wildman–Crippen MR) is 131 cm³/mol. The van der Waals surface area contributed by atoms with E-state index in [1.807, 2.05) is 41.8 Å². The molecule has 0 bridgehead atoms. The van der Waals surface area contributed by atoms with Crippen LogP contribution in [0.15, 0.2) is 53.6 Å². The van der Waals surface area contributed by atoms with Gasteiger partial charge in [0, 0.05) is 33.8 Å². The molecule has 1 aliphatic rings. The molecule has 0 aliphatic carbocycles. The lowest BCUT2D eigenvalue weighted by Gasteiger charge is -2.32. The summed E-state index contributed by atoms with van der Waals surface area (Å²) in [5.41, 5.74) is 3.11. The van der Waals surface area contributed by atoms with Crippen molar-refractivity contribution in [3.05, 3.63) is 65.6 Å². The Labute approximate surface area is 204 Å². The molecule has 0 fully saturated rings. The summed E-state index contributed by atoms with van der Waals surface area (Å²) in [6.07, 6.45) is 3.55. The van der Waals surface area contributed by atoms with Gasteiger partial charge in [-0.3, -0.25) is 9.59 Å². The molecule has 1 aliphatic heterocycles. The molecule has 0 spiro atoms. The van der Waals surface area contributed by atoms with E-state index in [2.05, 4.69) is 4.98 Å². The van der Waals surface area contributed by atoms with Gasteiger partial charge in [0.1, 0.15) is 12.4 Å². The molecule has 4 rings (SSSR count). The number of carbonyl (C=O) groups is 2. The highest BCUT2D eigenvalue weighted by Gasteiger charge is 2.29. The first kappa shape index (κ1) is 24.6. The van der Waals surface area contributed by atoms with Crippen LogP contribution >= 0.6 is 0 Å². The fourth-order valence-electron chi connectivity index (χ4n) is 4.27. The van der Waals surface area contributed by atoms with Crippen molar-refractivity contribution >= 4 is 39.0 Å². The minimum atomic E-state index is -3.60. The Bertz CT molecular complexity index is 1420. The van der Waals surface area contributed by atoms with Gasteiger partial charge in [-0.2, -0.15) is 0 Å². The highest BCUT2D eigenvalue weighted by molar-refractivity contribution is 7.89. The lowest BCUT2D eigenvalue weighted by Crippen LogP contribution is -2.32. The second kappa shape index (κ2) is 9.63. The van der Waals surface area contributed by atoms with E-state index in [1.54, 1.807) is 18.3 Å². The Morgan fingerprint density at radius 2 is 1.89 bits per heavy atom. The number of sulfonamides is 1. The highest BCUT2D eigenvalue weighted by atomic mass is 32.2. The number of imidazole rings is 1. The third-order valence-corrected chi connectivity index (χ3v) is 7.90. The maximum Gasteiger partial charge on any atom is 0.308 e. The molecule has 0 unspecified atom stereocenters. The molecule has 9 nitrogen and oxygen atoms in total. The molecule has 0 saturated heterocycles. The zero-order chi connectivity index (χ0) is 25.3. The molecular weight excluding hydrogens is 468 g/mol. The molecule has 0 radical (unpaired) electrons. The zero-order valence-electron chi connectivity index (χ0n) is 20.1. The van der Waals surface area contributed by atoms with E-state index < -0.39 is 22.0 Å². The molecule has 0 N–H and O–H groups in total. The molecule has 1 aromatic heterocycles. The molecular formula is C25H28N4O5S. The zero-order valence-corrected chi connectivity index (χ0v) is 20.9. The Kier molecular flexibility index (Phi) is 6.77. The smallest absolute Gasteiger partial charge is 0.308 e. The molecule has 0 saturated carbocycles. The summed E-state index contributed by atoms with van der Waals surface area (Å²) in [6.45, 7) is 3.90. The second-order valence-electron chi connectivity index (χ2n) is 8.46. The van der Waals surface area contributed by atoms with Gasteiger partial charge in [-0.05, 0) is 42.3 Å². The van der Waals surface area contributed by atoms with E-state index in [9.17, 15) is 18.0 Å². The van der Waals surface area contributed by atoms with Crippen molar-refractivity contribution in [3.63, 3.8) is 0 Å². The molecule has 2 aromatic carbocycles. The maximum absolute atomic E-state index is 12.8. The van der Waals surface area contributed by atoms with Crippen LogP contribution in [0.5, 0.6) is 0 Å². The van der Waals surface area contributed by atoms with E-state index in [0.29, 0.717) is 17.9 Å². The van der Waals surface area contributed by atoms with Gasteiger partial charge in [-0.1, -0.05) is 24.3 Å². The SMILES string of the molecule is CCn1c(COC(=O)C[C@H]2c3ccccc3C=CN2C(C)=O)nc2cc(S(=O)(=O)N(C)C)ccc21. The largest absolute Gasteiger partial charge is 0.457 e. The molecule has 1 atom stereocenters. The number of hydrogen-bond donors (Lipinski definition) is 0. The quantitative estimate of drug-likeness (QED) is 0.465. The number of carbonyl (C=O) groups excluding carboxylic acids is 2. The topological polar surface area (TPSA) is 102 Å². The summed E-state index contributed by atoms with van der Waals surface area (Å²) in [5.74, 6) is -0.107. The van der Waals surface area contributed by atoms with Crippen molar-refractivity contribution in [2.45, 2.75) is 44.4 Å². The van der Waals surface area contributed by atoms with E-state index in [-0.39, 0.29) is 23.8 Å². The Morgan fingerprint density at radius 1 is 1.14 bits per heavy atom. The van der Waals surface area contributed by atoms with Crippen molar-refractivity contribution in [2.24, 2.45) is 0 Å². The summed E-state index contributed by atoms with van der Waals surface area (Å²) >= 11 is 0. The summed E-state index contributed by atoms with van der Waals surface area (Å²) in [5, 5.41) is 0. The third-order valence-electron chi connectivity index (χ3n) is 6.08.